The third kappa shape index (κ3) is 3.01. The topological polar surface area (TPSA) is 74.4 Å². The van der Waals surface area contributed by atoms with Crippen molar-refractivity contribution in [1.29, 1.82) is 0 Å². The fraction of sp³-hybridized carbons (Fsp3) is 0.533. The van der Waals surface area contributed by atoms with Gasteiger partial charge in [-0.05, 0) is 0 Å². The van der Waals surface area contributed by atoms with E-state index in [1.54, 1.807) is 11.3 Å². The minimum Gasteiger partial charge on any atom is -0.378 e. The van der Waals surface area contributed by atoms with Gasteiger partial charge in [0.1, 0.15) is 5.01 Å². The van der Waals surface area contributed by atoms with Crippen molar-refractivity contribution in [3.63, 3.8) is 0 Å². The molecule has 0 aliphatic carbocycles. The zero-order chi connectivity index (χ0) is 15.6. The number of carbonyl (C=O) groups excluding carboxylic acids is 1. The molecule has 2 aromatic rings. The van der Waals surface area contributed by atoms with Crippen LogP contribution in [0.4, 0.5) is 0 Å². The number of carbonyl (C=O) groups is 1. The number of H-pyrrole nitrogens is 1. The summed E-state index contributed by atoms with van der Waals surface area (Å²) in [6, 6.07) is 0. The highest BCUT2D eigenvalue weighted by Crippen LogP contribution is 2.23. The van der Waals surface area contributed by atoms with Crippen LogP contribution in [-0.2, 0) is 24.2 Å². The van der Waals surface area contributed by atoms with Crippen LogP contribution in [0.5, 0.6) is 0 Å². The molecule has 4 rings (SSSR count). The largest absolute Gasteiger partial charge is 0.378 e. The van der Waals surface area contributed by atoms with Crippen LogP contribution in [0, 0.1) is 0 Å². The summed E-state index contributed by atoms with van der Waals surface area (Å²) in [4.78, 5) is 21.2. The van der Waals surface area contributed by atoms with Gasteiger partial charge in [0.2, 0.25) is 0 Å². The normalized spacial score (nSPS) is 18.9. The molecule has 0 saturated carbocycles. The lowest BCUT2D eigenvalue weighted by Crippen LogP contribution is -2.41. The van der Waals surface area contributed by atoms with Crippen LogP contribution < -0.4 is 0 Å². The number of hydrogen-bond donors (Lipinski definition) is 1. The number of fused-ring (bicyclic) bond motifs is 1. The van der Waals surface area contributed by atoms with Gasteiger partial charge in [-0.25, -0.2) is 4.98 Å². The molecule has 7 nitrogen and oxygen atoms in total. The van der Waals surface area contributed by atoms with E-state index in [9.17, 15) is 4.79 Å². The van der Waals surface area contributed by atoms with Gasteiger partial charge in [0.25, 0.3) is 5.91 Å². The van der Waals surface area contributed by atoms with E-state index in [1.807, 2.05) is 16.5 Å². The number of nitrogens with zero attached hydrogens (tertiary/aromatic N) is 4. The quantitative estimate of drug-likeness (QED) is 0.903. The highest BCUT2D eigenvalue weighted by atomic mass is 32.1. The molecule has 2 aliphatic heterocycles. The maximum Gasteiger partial charge on any atom is 0.274 e. The zero-order valence-corrected chi connectivity index (χ0v) is 13.6. The summed E-state index contributed by atoms with van der Waals surface area (Å²) < 4.78 is 5.32. The summed E-state index contributed by atoms with van der Waals surface area (Å²) in [5, 5.41) is 10.5. The fourth-order valence-electron chi connectivity index (χ4n) is 3.10. The Balaban J connectivity index is 1.51. The molecule has 23 heavy (non-hydrogen) atoms. The van der Waals surface area contributed by atoms with Crippen molar-refractivity contribution in [2.45, 2.75) is 19.5 Å². The summed E-state index contributed by atoms with van der Waals surface area (Å²) >= 11 is 1.67. The molecule has 2 aliphatic rings. The Morgan fingerprint density at radius 1 is 1.35 bits per heavy atom. The third-order valence-corrected chi connectivity index (χ3v) is 5.12. The molecular weight excluding hydrogens is 314 g/mol. The first-order valence-electron chi connectivity index (χ1n) is 7.85. The van der Waals surface area contributed by atoms with Gasteiger partial charge in [0.05, 0.1) is 19.8 Å². The number of amides is 1. The molecule has 0 radical (unpaired) electrons. The van der Waals surface area contributed by atoms with Gasteiger partial charge < -0.3 is 9.64 Å². The Kier molecular flexibility index (Phi) is 4.11. The second-order valence-corrected chi connectivity index (χ2v) is 6.80. The minimum absolute atomic E-state index is 0.0156. The molecule has 0 bridgehead atoms. The first-order valence-corrected chi connectivity index (χ1v) is 8.73. The summed E-state index contributed by atoms with van der Waals surface area (Å²) in [7, 11) is 0. The molecule has 0 unspecified atom stereocenters. The number of nitrogens with one attached hydrogen (secondary N) is 1. The van der Waals surface area contributed by atoms with Gasteiger partial charge in [0, 0.05) is 55.4 Å². The molecule has 8 heteroatoms. The van der Waals surface area contributed by atoms with Crippen LogP contribution in [-0.4, -0.2) is 63.7 Å². The van der Waals surface area contributed by atoms with Gasteiger partial charge in [-0.2, -0.15) is 5.10 Å². The first kappa shape index (κ1) is 14.8. The molecule has 2 aromatic heterocycles. The van der Waals surface area contributed by atoms with Crippen LogP contribution in [0.3, 0.4) is 0 Å². The number of ether oxygens (including phenoxy) is 1. The molecule has 122 valence electrons. The van der Waals surface area contributed by atoms with Crippen molar-refractivity contribution >= 4 is 17.2 Å². The molecule has 1 fully saturated rings. The predicted molar refractivity (Wildman–Crippen MR) is 85.2 cm³/mol. The van der Waals surface area contributed by atoms with E-state index < -0.39 is 0 Å². The lowest BCUT2D eigenvalue weighted by molar-refractivity contribution is 0.0297. The summed E-state index contributed by atoms with van der Waals surface area (Å²) in [6.07, 6.45) is 2.73. The van der Waals surface area contributed by atoms with E-state index in [0.29, 0.717) is 32.0 Å². The standard InChI is InChI=1S/C15H19N5O2S/c21-15(20-4-6-22-7-5-20)14-11-9-19(3-1-12(11)17-18-14)10-13-16-2-8-23-13/h2,8H,1,3-7,9-10H2,(H,17,18). The molecule has 0 spiro atoms. The van der Waals surface area contributed by atoms with Crippen molar-refractivity contribution in [3.05, 3.63) is 33.5 Å². The highest BCUT2D eigenvalue weighted by molar-refractivity contribution is 7.09. The Morgan fingerprint density at radius 2 is 2.22 bits per heavy atom. The van der Waals surface area contributed by atoms with Gasteiger partial charge in [-0.15, -0.1) is 11.3 Å². The molecular formula is C15H19N5O2S. The van der Waals surface area contributed by atoms with E-state index in [1.165, 1.54) is 0 Å². The van der Waals surface area contributed by atoms with E-state index in [4.69, 9.17) is 4.74 Å². The number of morpholine rings is 1. The Hall–Kier alpha value is -1.77. The number of rotatable bonds is 3. The second-order valence-electron chi connectivity index (χ2n) is 5.82. The monoisotopic (exact) mass is 333 g/mol. The van der Waals surface area contributed by atoms with Crippen molar-refractivity contribution < 1.29 is 9.53 Å². The molecule has 1 saturated heterocycles. The maximum atomic E-state index is 12.7. The smallest absolute Gasteiger partial charge is 0.274 e. The predicted octanol–water partition coefficient (Wildman–Crippen LogP) is 0.897. The van der Waals surface area contributed by atoms with Crippen LogP contribution in [0.25, 0.3) is 0 Å². The first-order chi connectivity index (χ1) is 11.3. The molecule has 1 amide bonds. The van der Waals surface area contributed by atoms with E-state index in [-0.39, 0.29) is 5.91 Å². The Morgan fingerprint density at radius 3 is 3.00 bits per heavy atom. The summed E-state index contributed by atoms with van der Waals surface area (Å²) in [6.45, 7) is 5.03. The van der Waals surface area contributed by atoms with Crippen LogP contribution in [0.1, 0.15) is 26.8 Å². The van der Waals surface area contributed by atoms with Crippen molar-refractivity contribution in [2.75, 3.05) is 32.8 Å². The highest BCUT2D eigenvalue weighted by Gasteiger charge is 2.29. The lowest BCUT2D eigenvalue weighted by atomic mass is 10.0. The third-order valence-electron chi connectivity index (χ3n) is 4.36. The SMILES string of the molecule is O=C(c1n[nH]c2c1CN(Cc1nccs1)CC2)N1CCOCC1. The fourth-order valence-corrected chi connectivity index (χ4v) is 3.76. The summed E-state index contributed by atoms with van der Waals surface area (Å²) in [5.74, 6) is 0.0156. The number of aromatic nitrogens is 3. The van der Waals surface area contributed by atoms with Gasteiger partial charge in [-0.1, -0.05) is 0 Å². The molecule has 4 heterocycles. The molecule has 1 N–H and O–H groups in total. The Bertz CT molecular complexity index is 678. The van der Waals surface area contributed by atoms with Gasteiger partial charge in [-0.3, -0.25) is 14.8 Å². The average Bonchev–Trinajstić information content (AvgIpc) is 3.24. The van der Waals surface area contributed by atoms with E-state index >= 15 is 0 Å². The maximum absolute atomic E-state index is 12.7. The minimum atomic E-state index is 0.0156. The zero-order valence-electron chi connectivity index (χ0n) is 12.8. The number of thiazole rings is 1. The van der Waals surface area contributed by atoms with Crippen molar-refractivity contribution in [1.82, 2.24) is 25.0 Å². The lowest BCUT2D eigenvalue weighted by Gasteiger charge is -2.28. The molecule has 0 atom stereocenters. The average molecular weight is 333 g/mol. The van der Waals surface area contributed by atoms with Crippen LogP contribution in [0.15, 0.2) is 11.6 Å². The van der Waals surface area contributed by atoms with E-state index in [2.05, 4.69) is 20.1 Å². The van der Waals surface area contributed by atoms with Crippen molar-refractivity contribution in [2.24, 2.45) is 0 Å². The van der Waals surface area contributed by atoms with Gasteiger partial charge in [0.15, 0.2) is 5.69 Å². The van der Waals surface area contributed by atoms with E-state index in [0.717, 1.165) is 42.3 Å². The van der Waals surface area contributed by atoms with Crippen molar-refractivity contribution in [3.8, 4) is 0 Å². The Labute approximate surface area is 138 Å². The number of aromatic amines is 1. The van der Waals surface area contributed by atoms with Crippen LogP contribution >= 0.6 is 11.3 Å². The second kappa shape index (κ2) is 6.38. The summed E-state index contributed by atoms with van der Waals surface area (Å²) in [5.41, 5.74) is 2.71. The molecule has 0 aromatic carbocycles. The van der Waals surface area contributed by atoms with Crippen LogP contribution in [0.2, 0.25) is 0 Å². The van der Waals surface area contributed by atoms with Gasteiger partial charge >= 0.3 is 0 Å². The number of hydrogen-bond acceptors (Lipinski definition) is 6.